The van der Waals surface area contributed by atoms with E-state index in [-0.39, 0.29) is 0 Å². The average Bonchev–Trinajstić information content (AvgIpc) is 3.09. The largest absolute Gasteiger partial charge is 0.366 e. The van der Waals surface area contributed by atoms with Gasteiger partial charge in [0, 0.05) is 36.3 Å². The maximum atomic E-state index is 4.50. The van der Waals surface area contributed by atoms with Crippen molar-refractivity contribution in [2.75, 3.05) is 5.32 Å². The third kappa shape index (κ3) is 5.28. The second-order valence-electron chi connectivity index (χ2n) is 7.47. The smallest absolute Gasteiger partial charge is 0.160 e. The number of anilines is 1. The van der Waals surface area contributed by atoms with Crippen LogP contribution in [-0.4, -0.2) is 19.6 Å². The minimum absolute atomic E-state index is 0.714. The fourth-order valence-corrected chi connectivity index (χ4v) is 3.61. The van der Waals surface area contributed by atoms with Crippen LogP contribution in [-0.2, 0) is 6.54 Å². The Kier molecular flexibility index (Phi) is 6.80. The van der Waals surface area contributed by atoms with Gasteiger partial charge in [-0.05, 0) is 31.4 Å². The van der Waals surface area contributed by atoms with E-state index in [1.807, 2.05) is 49.0 Å². The van der Waals surface area contributed by atoms with Crippen LogP contribution < -0.4 is 5.32 Å². The summed E-state index contributed by atoms with van der Waals surface area (Å²) in [5.74, 6) is 2.03. The van der Waals surface area contributed by atoms with Gasteiger partial charge in [-0.15, -0.1) is 0 Å². The Hall–Kier alpha value is -2.43. The molecule has 3 aromatic rings. The Labute approximate surface area is 162 Å². The molecule has 0 saturated heterocycles. The van der Waals surface area contributed by atoms with Crippen LogP contribution in [0.25, 0.3) is 5.65 Å². The monoisotopic (exact) mass is 365 g/mol. The minimum atomic E-state index is 0.714. The van der Waals surface area contributed by atoms with Crippen molar-refractivity contribution in [1.29, 1.82) is 0 Å². The molecule has 1 fully saturated rings. The summed E-state index contributed by atoms with van der Waals surface area (Å²) in [7, 11) is 0. The molecule has 1 aliphatic carbocycles. The van der Waals surface area contributed by atoms with Crippen molar-refractivity contribution in [1.82, 2.24) is 19.6 Å². The molecule has 0 spiro atoms. The molecule has 0 aromatic carbocycles. The standard InChI is InChI=1S/C14H15N5.C8H16/c1-10-7-17-19-13(6-11(2)18-14(10)19)16-9-12-4-3-5-15-8-12;1-2-8-6-4-3-5-7-8/h3-8,16H,9H2,1-2H3;8H,2-7H2,1H3. The number of hydrogen-bond donors (Lipinski definition) is 1. The number of nitrogens with one attached hydrogen (secondary N) is 1. The second kappa shape index (κ2) is 9.49. The van der Waals surface area contributed by atoms with Crippen LogP contribution in [0.15, 0.2) is 36.8 Å². The summed E-state index contributed by atoms with van der Waals surface area (Å²) in [5.41, 5.74) is 4.08. The zero-order valence-electron chi connectivity index (χ0n) is 16.8. The topological polar surface area (TPSA) is 55.1 Å². The first-order valence-electron chi connectivity index (χ1n) is 10.1. The summed E-state index contributed by atoms with van der Waals surface area (Å²) < 4.78 is 1.83. The first-order valence-corrected chi connectivity index (χ1v) is 10.1. The predicted molar refractivity (Wildman–Crippen MR) is 111 cm³/mol. The molecule has 1 aliphatic rings. The summed E-state index contributed by atoms with van der Waals surface area (Å²) in [5, 5.41) is 7.73. The van der Waals surface area contributed by atoms with Gasteiger partial charge in [-0.25, -0.2) is 4.98 Å². The van der Waals surface area contributed by atoms with Crippen LogP contribution in [0.3, 0.4) is 0 Å². The van der Waals surface area contributed by atoms with Crippen molar-refractivity contribution in [2.45, 2.75) is 65.8 Å². The lowest BCUT2D eigenvalue weighted by Crippen LogP contribution is -2.07. The van der Waals surface area contributed by atoms with Gasteiger partial charge in [-0.2, -0.15) is 9.61 Å². The van der Waals surface area contributed by atoms with E-state index in [0.717, 1.165) is 34.2 Å². The lowest BCUT2D eigenvalue weighted by Gasteiger charge is -2.18. The van der Waals surface area contributed by atoms with Gasteiger partial charge in [0.05, 0.1) is 6.20 Å². The molecule has 4 rings (SSSR count). The predicted octanol–water partition coefficient (Wildman–Crippen LogP) is 5.33. The van der Waals surface area contributed by atoms with Crippen molar-refractivity contribution < 1.29 is 0 Å². The first kappa shape index (κ1) is 19.3. The van der Waals surface area contributed by atoms with Gasteiger partial charge in [0.2, 0.25) is 0 Å². The molecule has 3 heterocycles. The van der Waals surface area contributed by atoms with Crippen LogP contribution in [0.4, 0.5) is 5.82 Å². The molecule has 0 bridgehead atoms. The third-order valence-corrected chi connectivity index (χ3v) is 5.27. The van der Waals surface area contributed by atoms with Crippen molar-refractivity contribution >= 4 is 11.5 Å². The number of rotatable bonds is 4. The van der Waals surface area contributed by atoms with Gasteiger partial charge >= 0.3 is 0 Å². The van der Waals surface area contributed by atoms with Crippen LogP contribution in [0.1, 0.15) is 62.3 Å². The van der Waals surface area contributed by atoms with E-state index < -0.39 is 0 Å². The van der Waals surface area contributed by atoms with Crippen molar-refractivity contribution in [3.05, 3.63) is 53.6 Å². The SMILES string of the molecule is CCC1CCCCC1.Cc1cc(NCc2cccnc2)n2ncc(C)c2n1. The average molecular weight is 366 g/mol. The number of fused-ring (bicyclic) bond motifs is 1. The quantitative estimate of drug-likeness (QED) is 0.679. The Balaban J connectivity index is 0.000000221. The highest BCUT2D eigenvalue weighted by atomic mass is 15.3. The molecule has 27 heavy (non-hydrogen) atoms. The highest BCUT2D eigenvalue weighted by Gasteiger charge is 2.09. The Morgan fingerprint density at radius 3 is 2.63 bits per heavy atom. The summed E-state index contributed by atoms with van der Waals surface area (Å²) in [4.78, 5) is 8.61. The Morgan fingerprint density at radius 2 is 1.96 bits per heavy atom. The van der Waals surface area contributed by atoms with E-state index >= 15 is 0 Å². The van der Waals surface area contributed by atoms with E-state index in [2.05, 4.69) is 27.3 Å². The van der Waals surface area contributed by atoms with E-state index in [9.17, 15) is 0 Å². The lowest BCUT2D eigenvalue weighted by atomic mass is 9.88. The highest BCUT2D eigenvalue weighted by molar-refractivity contribution is 5.53. The molecule has 1 saturated carbocycles. The van der Waals surface area contributed by atoms with Gasteiger partial charge < -0.3 is 5.32 Å². The second-order valence-corrected chi connectivity index (χ2v) is 7.47. The maximum Gasteiger partial charge on any atom is 0.160 e. The van der Waals surface area contributed by atoms with Gasteiger partial charge in [0.25, 0.3) is 0 Å². The zero-order chi connectivity index (χ0) is 19.1. The van der Waals surface area contributed by atoms with Crippen LogP contribution in [0.5, 0.6) is 0 Å². The van der Waals surface area contributed by atoms with E-state index in [4.69, 9.17) is 0 Å². The number of aromatic nitrogens is 4. The summed E-state index contributed by atoms with van der Waals surface area (Å²) in [6.45, 7) is 7.03. The van der Waals surface area contributed by atoms with Gasteiger partial charge in [0.15, 0.2) is 5.65 Å². The van der Waals surface area contributed by atoms with Crippen LogP contribution >= 0.6 is 0 Å². The van der Waals surface area contributed by atoms with Crippen molar-refractivity contribution in [2.24, 2.45) is 5.92 Å². The molecule has 1 N–H and O–H groups in total. The molecule has 3 aromatic heterocycles. The highest BCUT2D eigenvalue weighted by Crippen LogP contribution is 2.25. The zero-order valence-corrected chi connectivity index (χ0v) is 16.8. The molecule has 0 unspecified atom stereocenters. The van der Waals surface area contributed by atoms with Gasteiger partial charge in [-0.3, -0.25) is 4.98 Å². The molecule has 0 radical (unpaired) electrons. The van der Waals surface area contributed by atoms with Gasteiger partial charge in [-0.1, -0.05) is 51.5 Å². The molecule has 0 atom stereocenters. The Bertz CT molecular complexity index is 835. The summed E-state index contributed by atoms with van der Waals surface area (Å²) in [6.07, 6.45) is 14.4. The molecule has 144 valence electrons. The maximum absolute atomic E-state index is 4.50. The van der Waals surface area contributed by atoms with Gasteiger partial charge in [0.1, 0.15) is 5.82 Å². The number of hydrogen-bond acceptors (Lipinski definition) is 4. The fraction of sp³-hybridized carbons (Fsp3) is 0.500. The van der Waals surface area contributed by atoms with E-state index in [1.165, 1.54) is 38.5 Å². The van der Waals surface area contributed by atoms with Crippen LogP contribution in [0.2, 0.25) is 0 Å². The lowest BCUT2D eigenvalue weighted by molar-refractivity contribution is 0.349. The molecule has 5 heteroatoms. The molecule has 0 amide bonds. The minimum Gasteiger partial charge on any atom is -0.366 e. The number of pyridine rings is 1. The molecular formula is C22H31N5. The van der Waals surface area contributed by atoms with E-state index in [1.54, 1.807) is 6.20 Å². The van der Waals surface area contributed by atoms with Crippen molar-refractivity contribution in [3.63, 3.8) is 0 Å². The number of aryl methyl sites for hydroxylation is 2. The molecule has 5 nitrogen and oxygen atoms in total. The summed E-state index contributed by atoms with van der Waals surface area (Å²) in [6, 6.07) is 5.97. The van der Waals surface area contributed by atoms with Crippen LogP contribution in [0, 0.1) is 19.8 Å². The molecular weight excluding hydrogens is 334 g/mol. The number of nitrogens with zero attached hydrogens (tertiary/aromatic N) is 4. The van der Waals surface area contributed by atoms with Crippen molar-refractivity contribution in [3.8, 4) is 0 Å². The third-order valence-electron chi connectivity index (χ3n) is 5.27. The normalized spacial score (nSPS) is 14.6. The first-order chi connectivity index (χ1) is 13.2. The fourth-order valence-electron chi connectivity index (χ4n) is 3.61. The molecule has 0 aliphatic heterocycles. The Morgan fingerprint density at radius 1 is 1.15 bits per heavy atom. The van der Waals surface area contributed by atoms with E-state index in [0.29, 0.717) is 6.54 Å². The summed E-state index contributed by atoms with van der Waals surface area (Å²) >= 11 is 0.